The predicted octanol–water partition coefficient (Wildman–Crippen LogP) is 6.59. The smallest absolute Gasteiger partial charge is 0.411 e. The molecule has 0 saturated carbocycles. The zero-order chi connectivity index (χ0) is 23.5. The van der Waals surface area contributed by atoms with Crippen LogP contribution in [0.1, 0.15) is 38.5 Å². The number of anilines is 1. The third-order valence-corrected chi connectivity index (χ3v) is 6.14. The Labute approximate surface area is 197 Å². The third kappa shape index (κ3) is 4.33. The van der Waals surface area contributed by atoms with Crippen LogP contribution in [0.4, 0.5) is 14.9 Å². The van der Waals surface area contributed by atoms with Crippen molar-refractivity contribution in [3.8, 4) is 11.1 Å². The molecule has 5 rings (SSSR count). The second-order valence-corrected chi connectivity index (χ2v) is 8.30. The molecule has 0 aliphatic heterocycles. The first-order valence-electron chi connectivity index (χ1n) is 11.1. The monoisotopic (exact) mass is 451 g/mol. The van der Waals surface area contributed by atoms with Crippen LogP contribution in [0.15, 0.2) is 91.0 Å². The van der Waals surface area contributed by atoms with Crippen LogP contribution in [-0.4, -0.2) is 19.0 Å². The van der Waals surface area contributed by atoms with E-state index in [1.807, 2.05) is 36.4 Å². The maximum absolute atomic E-state index is 13.8. The molecule has 1 aliphatic carbocycles. The average Bonchev–Trinajstić information content (AvgIpc) is 3.18. The van der Waals surface area contributed by atoms with Gasteiger partial charge in [-0.15, -0.1) is 0 Å². The highest BCUT2D eigenvalue weighted by Crippen LogP contribution is 2.44. The molecule has 1 aliphatic rings. The van der Waals surface area contributed by atoms with E-state index in [-0.39, 0.29) is 18.1 Å². The minimum absolute atomic E-state index is 0.00604. The Bertz CT molecular complexity index is 1320. The van der Waals surface area contributed by atoms with Gasteiger partial charge in [-0.2, -0.15) is 0 Å². The number of carbonyl (C=O) groups is 2. The van der Waals surface area contributed by atoms with Gasteiger partial charge in [-0.25, -0.2) is 9.18 Å². The highest BCUT2D eigenvalue weighted by atomic mass is 19.1. The summed E-state index contributed by atoms with van der Waals surface area (Å²) in [6.07, 6.45) is 0.505. The first-order chi connectivity index (χ1) is 16.6. The van der Waals surface area contributed by atoms with Gasteiger partial charge in [0, 0.05) is 11.6 Å². The first kappa shape index (κ1) is 21.6. The number of carbonyl (C=O) groups excluding carboxylic acids is 2. The summed E-state index contributed by atoms with van der Waals surface area (Å²) in [7, 11) is 0. The minimum atomic E-state index is -0.527. The summed E-state index contributed by atoms with van der Waals surface area (Å²) in [4.78, 5) is 23.2. The van der Waals surface area contributed by atoms with E-state index in [0.29, 0.717) is 18.4 Å². The third-order valence-electron chi connectivity index (χ3n) is 6.14. The topological polar surface area (TPSA) is 55.4 Å². The first-order valence-corrected chi connectivity index (χ1v) is 11.1. The van der Waals surface area contributed by atoms with Gasteiger partial charge in [0.15, 0.2) is 6.29 Å². The van der Waals surface area contributed by atoms with Crippen molar-refractivity contribution in [2.45, 2.75) is 12.3 Å². The molecule has 4 nitrogen and oxygen atoms in total. The van der Waals surface area contributed by atoms with Crippen molar-refractivity contribution < 1.29 is 18.7 Å². The number of amides is 1. The van der Waals surface area contributed by atoms with E-state index >= 15 is 0 Å². The SMILES string of the molecule is O=Cc1ccc(Cc2ccc(NC(=O)OCC3c4ccccc4-c4ccccc43)cc2)cc1F. The van der Waals surface area contributed by atoms with Crippen LogP contribution >= 0.6 is 0 Å². The summed E-state index contributed by atoms with van der Waals surface area (Å²) in [6.45, 7) is 0.250. The lowest BCUT2D eigenvalue weighted by atomic mass is 9.98. The molecule has 34 heavy (non-hydrogen) atoms. The number of fused-ring (bicyclic) bond motifs is 3. The van der Waals surface area contributed by atoms with Crippen LogP contribution in [0.5, 0.6) is 0 Å². The van der Waals surface area contributed by atoms with Gasteiger partial charge in [-0.05, 0) is 64.1 Å². The summed E-state index contributed by atoms with van der Waals surface area (Å²) in [5, 5.41) is 2.77. The standard InChI is InChI=1S/C29H22FNO3/c30-28-16-20(9-12-21(28)17-32)15-19-10-13-22(14-11-19)31-29(33)34-18-27-25-7-3-1-5-23(25)24-6-2-4-8-26(24)27/h1-14,16-17,27H,15,18H2,(H,31,33). The van der Waals surface area contributed by atoms with Gasteiger partial charge >= 0.3 is 6.09 Å². The highest BCUT2D eigenvalue weighted by molar-refractivity contribution is 5.85. The van der Waals surface area contributed by atoms with Crippen LogP contribution in [0.2, 0.25) is 0 Å². The van der Waals surface area contributed by atoms with Gasteiger partial charge in [0.2, 0.25) is 0 Å². The molecule has 0 bridgehead atoms. The Morgan fingerprint density at radius 1 is 0.853 bits per heavy atom. The summed E-state index contributed by atoms with van der Waals surface area (Å²) < 4.78 is 19.4. The van der Waals surface area contributed by atoms with Crippen LogP contribution < -0.4 is 5.32 Å². The molecular formula is C29H22FNO3. The molecule has 0 atom stereocenters. The van der Waals surface area contributed by atoms with Gasteiger partial charge < -0.3 is 4.74 Å². The molecule has 0 heterocycles. The van der Waals surface area contributed by atoms with Gasteiger partial charge in [0.05, 0.1) is 5.56 Å². The molecule has 4 aromatic carbocycles. The predicted molar refractivity (Wildman–Crippen MR) is 130 cm³/mol. The van der Waals surface area contributed by atoms with E-state index in [0.717, 1.165) is 11.1 Å². The lowest BCUT2D eigenvalue weighted by Gasteiger charge is -2.14. The number of benzene rings is 4. The zero-order valence-electron chi connectivity index (χ0n) is 18.3. The van der Waals surface area contributed by atoms with Crippen LogP contribution in [0, 0.1) is 5.82 Å². The number of hydrogen-bond acceptors (Lipinski definition) is 3. The van der Waals surface area contributed by atoms with E-state index in [2.05, 4.69) is 29.6 Å². The quantitative estimate of drug-likeness (QED) is 0.337. The Morgan fingerprint density at radius 3 is 2.09 bits per heavy atom. The largest absolute Gasteiger partial charge is 0.448 e. The van der Waals surface area contributed by atoms with E-state index < -0.39 is 11.9 Å². The summed E-state index contributed by atoms with van der Waals surface area (Å²) in [5.74, 6) is -0.521. The molecule has 168 valence electrons. The fourth-order valence-corrected chi connectivity index (χ4v) is 4.47. The number of halogens is 1. The van der Waals surface area contributed by atoms with Crippen molar-refractivity contribution in [3.05, 3.63) is 125 Å². The average molecular weight is 451 g/mol. The van der Waals surface area contributed by atoms with E-state index in [9.17, 15) is 14.0 Å². The number of hydrogen-bond donors (Lipinski definition) is 1. The Morgan fingerprint density at radius 2 is 1.47 bits per heavy atom. The molecule has 0 fully saturated rings. The molecule has 5 heteroatoms. The van der Waals surface area contributed by atoms with Crippen molar-refractivity contribution in [1.82, 2.24) is 0 Å². The van der Waals surface area contributed by atoms with Gasteiger partial charge in [0.25, 0.3) is 0 Å². The normalized spacial score (nSPS) is 12.0. The van der Waals surface area contributed by atoms with E-state index in [1.165, 1.54) is 34.4 Å². The number of ether oxygens (including phenoxy) is 1. The minimum Gasteiger partial charge on any atom is -0.448 e. The molecule has 4 aromatic rings. The fraction of sp³-hybridized carbons (Fsp3) is 0.103. The molecule has 1 N–H and O–H groups in total. The second-order valence-electron chi connectivity index (χ2n) is 8.30. The Hall–Kier alpha value is -4.25. The number of nitrogens with one attached hydrogen (secondary N) is 1. The van der Waals surface area contributed by atoms with E-state index in [4.69, 9.17) is 4.74 Å². The Balaban J connectivity index is 1.20. The van der Waals surface area contributed by atoms with Gasteiger partial charge in [-0.1, -0.05) is 66.7 Å². The lowest BCUT2D eigenvalue weighted by molar-refractivity contribution is 0.111. The van der Waals surface area contributed by atoms with Gasteiger partial charge in [-0.3, -0.25) is 10.1 Å². The molecular weight excluding hydrogens is 429 g/mol. The van der Waals surface area contributed by atoms with Crippen LogP contribution in [-0.2, 0) is 11.2 Å². The molecule has 0 radical (unpaired) electrons. The second kappa shape index (κ2) is 9.32. The molecule has 0 unspecified atom stereocenters. The van der Waals surface area contributed by atoms with Crippen LogP contribution in [0.25, 0.3) is 11.1 Å². The van der Waals surface area contributed by atoms with Crippen molar-refractivity contribution in [3.63, 3.8) is 0 Å². The highest BCUT2D eigenvalue weighted by Gasteiger charge is 2.28. The lowest BCUT2D eigenvalue weighted by Crippen LogP contribution is -2.17. The summed E-state index contributed by atoms with van der Waals surface area (Å²) in [6, 6.07) is 28.3. The van der Waals surface area contributed by atoms with Crippen molar-refractivity contribution in [1.29, 1.82) is 0 Å². The number of rotatable bonds is 6. The summed E-state index contributed by atoms with van der Waals surface area (Å²) >= 11 is 0. The summed E-state index contributed by atoms with van der Waals surface area (Å²) in [5.41, 5.74) is 7.08. The molecule has 0 aromatic heterocycles. The van der Waals surface area contributed by atoms with Crippen molar-refractivity contribution >= 4 is 18.1 Å². The number of aldehydes is 1. The molecule has 1 amide bonds. The van der Waals surface area contributed by atoms with Gasteiger partial charge in [0.1, 0.15) is 12.4 Å². The van der Waals surface area contributed by atoms with E-state index in [1.54, 1.807) is 18.2 Å². The maximum atomic E-state index is 13.8. The zero-order valence-corrected chi connectivity index (χ0v) is 18.3. The maximum Gasteiger partial charge on any atom is 0.411 e. The Kier molecular flexibility index (Phi) is 5.91. The van der Waals surface area contributed by atoms with Crippen LogP contribution in [0.3, 0.4) is 0 Å². The van der Waals surface area contributed by atoms with Crippen molar-refractivity contribution in [2.24, 2.45) is 0 Å². The molecule has 0 saturated heterocycles. The van der Waals surface area contributed by atoms with Crippen molar-refractivity contribution in [2.75, 3.05) is 11.9 Å². The fourth-order valence-electron chi connectivity index (χ4n) is 4.47. The molecule has 0 spiro atoms.